The minimum atomic E-state index is -0.843. The van der Waals surface area contributed by atoms with Gasteiger partial charge in [0.25, 0.3) is 0 Å². The van der Waals surface area contributed by atoms with E-state index in [1.807, 2.05) is 54.7 Å². The summed E-state index contributed by atoms with van der Waals surface area (Å²) in [7, 11) is 0. The monoisotopic (exact) mass is 829 g/mol. The lowest BCUT2D eigenvalue weighted by atomic mass is 10.1. The summed E-state index contributed by atoms with van der Waals surface area (Å²) in [4.78, 5) is 37.7. The van der Waals surface area contributed by atoms with Crippen LogP contribution in [0.15, 0.2) is 122 Å². The molecule has 6 nitrogen and oxygen atoms in total. The molecule has 0 bridgehead atoms. The Bertz CT molecular complexity index is 1320. The van der Waals surface area contributed by atoms with E-state index < -0.39 is 12.1 Å². The predicted molar refractivity (Wildman–Crippen MR) is 256 cm³/mol. The number of esters is 3. The van der Waals surface area contributed by atoms with Gasteiger partial charge in [-0.1, -0.05) is 200 Å². The Morgan fingerprint density at radius 1 is 0.367 bits per heavy atom. The third-order valence-corrected chi connectivity index (χ3v) is 9.34. The molecule has 0 N–H and O–H groups in total. The molecular weight excluding hydrogens is 745 g/mol. The van der Waals surface area contributed by atoms with Crippen molar-refractivity contribution < 1.29 is 28.6 Å². The standard InChI is InChI=1S/C54H84O6/c1-4-7-10-13-16-19-22-24-25-26-27-28-30-32-35-38-41-44-47-53(56)59-50-51(49-58-52(55)46-43-40-37-34-31-21-18-15-12-9-6-3)60-54(57)48-45-42-39-36-33-29-23-20-17-14-11-8-5-2/h8-9,11-12,14,17-18,20-21,23,25-29,33-34,36-37,39,51H,4-7,10,13,15-16,19,22,24,30-32,35,38,40-50H2,1-3H3/b11-8-,12-9-,17-14-,21-18-,23-20-,26-25-,28-27-,33-29-,37-34-,39-36-. The van der Waals surface area contributed by atoms with Crippen molar-refractivity contribution in [2.24, 2.45) is 0 Å². The van der Waals surface area contributed by atoms with Crippen molar-refractivity contribution in [2.75, 3.05) is 13.2 Å². The van der Waals surface area contributed by atoms with Crippen molar-refractivity contribution in [3.8, 4) is 0 Å². The number of carbonyl (C=O) groups excluding carboxylic acids is 3. The van der Waals surface area contributed by atoms with Crippen LogP contribution >= 0.6 is 0 Å². The van der Waals surface area contributed by atoms with Crippen LogP contribution in [0.2, 0.25) is 0 Å². The quantitative estimate of drug-likeness (QED) is 0.0201. The molecule has 6 heteroatoms. The lowest BCUT2D eigenvalue weighted by Crippen LogP contribution is -2.30. The third kappa shape index (κ3) is 44.9. The molecule has 0 saturated heterocycles. The molecule has 0 saturated carbocycles. The molecule has 0 aromatic rings. The fraction of sp³-hybridized carbons (Fsp3) is 0.574. The van der Waals surface area contributed by atoms with E-state index in [0.29, 0.717) is 25.7 Å². The molecular formula is C54H84O6. The van der Waals surface area contributed by atoms with E-state index in [-0.39, 0.29) is 38.0 Å². The fourth-order valence-corrected chi connectivity index (χ4v) is 5.84. The molecule has 0 aliphatic carbocycles. The highest BCUT2D eigenvalue weighted by atomic mass is 16.6. The lowest BCUT2D eigenvalue weighted by Gasteiger charge is -2.18. The number of hydrogen-bond donors (Lipinski definition) is 0. The van der Waals surface area contributed by atoms with Crippen molar-refractivity contribution in [3.63, 3.8) is 0 Å². The maximum atomic E-state index is 12.7. The van der Waals surface area contributed by atoms with Crippen LogP contribution in [0.25, 0.3) is 0 Å². The molecule has 0 radical (unpaired) electrons. The van der Waals surface area contributed by atoms with Gasteiger partial charge in [-0.15, -0.1) is 0 Å². The first kappa shape index (κ1) is 55.8. The zero-order valence-corrected chi connectivity index (χ0v) is 38.2. The van der Waals surface area contributed by atoms with Gasteiger partial charge in [0.2, 0.25) is 0 Å². The van der Waals surface area contributed by atoms with Gasteiger partial charge in [-0.05, 0) is 83.5 Å². The number of allylic oxidation sites excluding steroid dienone is 20. The molecule has 1 atom stereocenters. The fourth-order valence-electron chi connectivity index (χ4n) is 5.84. The average molecular weight is 829 g/mol. The Balaban J connectivity index is 4.55. The summed E-state index contributed by atoms with van der Waals surface area (Å²) in [5.74, 6) is -1.09. The summed E-state index contributed by atoms with van der Waals surface area (Å²) in [5, 5.41) is 0. The van der Waals surface area contributed by atoms with Gasteiger partial charge in [0.1, 0.15) is 13.2 Å². The molecule has 0 fully saturated rings. The zero-order chi connectivity index (χ0) is 43.7. The van der Waals surface area contributed by atoms with Crippen LogP contribution in [-0.4, -0.2) is 37.2 Å². The molecule has 0 rings (SSSR count). The number of ether oxygens (including phenoxy) is 3. The van der Waals surface area contributed by atoms with E-state index in [9.17, 15) is 14.4 Å². The third-order valence-electron chi connectivity index (χ3n) is 9.34. The molecule has 0 amide bonds. The Kier molecular flexibility index (Phi) is 44.2. The van der Waals surface area contributed by atoms with Crippen LogP contribution in [-0.2, 0) is 28.6 Å². The second-order valence-corrected chi connectivity index (χ2v) is 15.0. The molecule has 0 spiro atoms. The van der Waals surface area contributed by atoms with Crippen LogP contribution in [0, 0.1) is 0 Å². The summed E-state index contributed by atoms with van der Waals surface area (Å²) in [6, 6.07) is 0. The van der Waals surface area contributed by atoms with Gasteiger partial charge in [0, 0.05) is 19.3 Å². The molecule has 336 valence electrons. The Labute approximate surface area is 367 Å². The summed E-state index contributed by atoms with van der Waals surface area (Å²) in [6.45, 7) is 6.21. The van der Waals surface area contributed by atoms with Crippen molar-refractivity contribution in [3.05, 3.63) is 122 Å². The topological polar surface area (TPSA) is 78.9 Å². The maximum absolute atomic E-state index is 12.7. The van der Waals surface area contributed by atoms with Crippen LogP contribution < -0.4 is 0 Å². The largest absolute Gasteiger partial charge is 0.462 e. The first-order valence-electron chi connectivity index (χ1n) is 23.6. The van der Waals surface area contributed by atoms with Gasteiger partial charge in [-0.2, -0.15) is 0 Å². The summed E-state index contributed by atoms with van der Waals surface area (Å²) < 4.78 is 16.6. The molecule has 0 aromatic heterocycles. The van der Waals surface area contributed by atoms with Gasteiger partial charge >= 0.3 is 17.9 Å². The number of hydrogen-bond acceptors (Lipinski definition) is 6. The molecule has 60 heavy (non-hydrogen) atoms. The van der Waals surface area contributed by atoms with E-state index in [1.54, 1.807) is 0 Å². The van der Waals surface area contributed by atoms with Gasteiger partial charge in [-0.3, -0.25) is 14.4 Å². The number of rotatable bonds is 40. The predicted octanol–water partition coefficient (Wildman–Crippen LogP) is 15.4. The van der Waals surface area contributed by atoms with E-state index in [2.05, 4.69) is 87.6 Å². The van der Waals surface area contributed by atoms with Crippen LogP contribution in [0.3, 0.4) is 0 Å². The Morgan fingerprint density at radius 3 is 1.30 bits per heavy atom. The van der Waals surface area contributed by atoms with Crippen LogP contribution in [0.1, 0.15) is 181 Å². The van der Waals surface area contributed by atoms with E-state index in [4.69, 9.17) is 14.2 Å². The highest BCUT2D eigenvalue weighted by Gasteiger charge is 2.19. The normalized spacial score (nSPS) is 13.2. The maximum Gasteiger partial charge on any atom is 0.306 e. The SMILES string of the molecule is CC\C=C/C=C\C=C/C=C\C=C/CCCC(=O)OC(COC(=O)CCC/C=C\C/C=C\C/C=C\CC)COC(=O)CCCCCCC/C=C\C=C/CCCCCCCCC. The summed E-state index contributed by atoms with van der Waals surface area (Å²) >= 11 is 0. The minimum absolute atomic E-state index is 0.134. The molecule has 0 aromatic carbocycles. The summed E-state index contributed by atoms with van der Waals surface area (Å²) in [5.41, 5.74) is 0. The summed E-state index contributed by atoms with van der Waals surface area (Å²) in [6.07, 6.45) is 64.9. The van der Waals surface area contributed by atoms with Crippen molar-refractivity contribution in [1.29, 1.82) is 0 Å². The van der Waals surface area contributed by atoms with Gasteiger partial charge in [0.05, 0.1) is 0 Å². The van der Waals surface area contributed by atoms with Crippen LogP contribution in [0.5, 0.6) is 0 Å². The van der Waals surface area contributed by atoms with Crippen molar-refractivity contribution in [1.82, 2.24) is 0 Å². The van der Waals surface area contributed by atoms with E-state index >= 15 is 0 Å². The first-order chi connectivity index (χ1) is 29.5. The zero-order valence-electron chi connectivity index (χ0n) is 38.2. The van der Waals surface area contributed by atoms with Gasteiger partial charge in [-0.25, -0.2) is 0 Å². The van der Waals surface area contributed by atoms with Gasteiger partial charge in [0.15, 0.2) is 6.10 Å². The van der Waals surface area contributed by atoms with Crippen LogP contribution in [0.4, 0.5) is 0 Å². The van der Waals surface area contributed by atoms with E-state index in [1.165, 1.54) is 51.4 Å². The minimum Gasteiger partial charge on any atom is -0.462 e. The molecule has 0 aliphatic rings. The average Bonchev–Trinajstić information content (AvgIpc) is 3.24. The van der Waals surface area contributed by atoms with Gasteiger partial charge < -0.3 is 14.2 Å². The molecule has 1 unspecified atom stereocenters. The second-order valence-electron chi connectivity index (χ2n) is 15.0. The second kappa shape index (κ2) is 47.5. The Morgan fingerprint density at radius 2 is 0.750 bits per heavy atom. The Hall–Kier alpha value is -4.19. The first-order valence-corrected chi connectivity index (χ1v) is 23.6. The van der Waals surface area contributed by atoms with Crippen molar-refractivity contribution >= 4 is 17.9 Å². The highest BCUT2D eigenvalue weighted by molar-refractivity contribution is 5.71. The lowest BCUT2D eigenvalue weighted by molar-refractivity contribution is -0.167. The van der Waals surface area contributed by atoms with E-state index in [0.717, 1.165) is 70.6 Å². The molecule has 0 heterocycles. The smallest absolute Gasteiger partial charge is 0.306 e. The molecule has 0 aliphatic heterocycles. The highest BCUT2D eigenvalue weighted by Crippen LogP contribution is 2.11. The number of unbranched alkanes of at least 4 members (excludes halogenated alkanes) is 14. The van der Waals surface area contributed by atoms with Crippen molar-refractivity contribution in [2.45, 2.75) is 187 Å². The number of carbonyl (C=O) groups is 3.